The maximum absolute atomic E-state index is 13.2. The van der Waals surface area contributed by atoms with Gasteiger partial charge in [-0.25, -0.2) is 8.78 Å². The van der Waals surface area contributed by atoms with E-state index >= 15 is 0 Å². The zero-order valence-corrected chi connectivity index (χ0v) is 11.3. The fraction of sp³-hybridized carbons (Fsp3) is 0.125. The van der Waals surface area contributed by atoms with Crippen LogP contribution in [0.25, 0.3) is 0 Å². The first-order valence-electron chi connectivity index (χ1n) is 5.90. The van der Waals surface area contributed by atoms with E-state index in [0.29, 0.717) is 11.3 Å². The number of halogens is 3. The first kappa shape index (κ1) is 14.4. The van der Waals surface area contributed by atoms with Gasteiger partial charge in [-0.05, 0) is 35.9 Å². The normalized spacial score (nSPS) is 9.75. The van der Waals surface area contributed by atoms with Crippen LogP contribution in [0.2, 0.25) is 0 Å². The van der Waals surface area contributed by atoms with Crippen LogP contribution in [-0.2, 0) is 6.61 Å². The molecule has 1 nitrogen and oxygen atoms in total. The molecule has 2 aromatic carbocycles. The quantitative estimate of drug-likeness (QED) is 0.610. The standard InChI is InChI=1S/C16H11ClF2O/c17-9-1-2-13-10-15(19)7-8-16(13)20-11-12-3-5-14(18)6-4-12/h3-8,10H,9,11H2. The van der Waals surface area contributed by atoms with Crippen molar-refractivity contribution < 1.29 is 13.5 Å². The van der Waals surface area contributed by atoms with Gasteiger partial charge in [0, 0.05) is 0 Å². The molecule has 0 fully saturated rings. The second kappa shape index (κ2) is 6.93. The molecule has 2 aromatic rings. The van der Waals surface area contributed by atoms with Crippen molar-refractivity contribution in [1.82, 2.24) is 0 Å². The Morgan fingerprint density at radius 1 is 1.00 bits per heavy atom. The van der Waals surface area contributed by atoms with Gasteiger partial charge in [-0.15, -0.1) is 11.6 Å². The minimum absolute atomic E-state index is 0.161. The number of benzene rings is 2. The fourth-order valence-corrected chi connectivity index (χ4v) is 1.66. The first-order chi connectivity index (χ1) is 9.69. The second-order valence-corrected chi connectivity index (χ2v) is 4.26. The molecule has 0 saturated carbocycles. The van der Waals surface area contributed by atoms with Crippen molar-refractivity contribution >= 4 is 11.6 Å². The van der Waals surface area contributed by atoms with E-state index in [2.05, 4.69) is 11.8 Å². The van der Waals surface area contributed by atoms with Crippen molar-refractivity contribution in [3.05, 3.63) is 65.2 Å². The molecule has 0 aliphatic rings. The number of ether oxygens (including phenoxy) is 1. The van der Waals surface area contributed by atoms with Crippen LogP contribution in [0.4, 0.5) is 8.78 Å². The lowest BCUT2D eigenvalue weighted by Gasteiger charge is -2.08. The van der Waals surface area contributed by atoms with Crippen LogP contribution in [0.3, 0.4) is 0 Å². The molecule has 102 valence electrons. The summed E-state index contributed by atoms with van der Waals surface area (Å²) >= 11 is 5.49. The highest BCUT2D eigenvalue weighted by Crippen LogP contribution is 2.20. The SMILES string of the molecule is Fc1ccc(COc2ccc(F)cc2C#CCCl)cc1. The van der Waals surface area contributed by atoms with Crippen molar-refractivity contribution in [2.45, 2.75) is 6.61 Å². The Morgan fingerprint density at radius 2 is 1.70 bits per heavy atom. The minimum atomic E-state index is -0.391. The summed E-state index contributed by atoms with van der Waals surface area (Å²) in [5.41, 5.74) is 1.25. The van der Waals surface area contributed by atoms with Crippen LogP contribution >= 0.6 is 11.6 Å². The highest BCUT2D eigenvalue weighted by atomic mass is 35.5. The fourth-order valence-electron chi connectivity index (χ4n) is 1.60. The van der Waals surface area contributed by atoms with Crippen molar-refractivity contribution in [2.75, 3.05) is 5.88 Å². The number of hydrogen-bond donors (Lipinski definition) is 0. The lowest BCUT2D eigenvalue weighted by molar-refractivity contribution is 0.304. The third kappa shape index (κ3) is 3.97. The Hall–Kier alpha value is -2.05. The van der Waals surface area contributed by atoms with E-state index in [1.165, 1.54) is 30.3 Å². The summed E-state index contributed by atoms with van der Waals surface area (Å²) in [6.07, 6.45) is 0. The molecule has 0 spiro atoms. The molecule has 0 aliphatic carbocycles. The summed E-state index contributed by atoms with van der Waals surface area (Å²) in [6, 6.07) is 10.1. The summed E-state index contributed by atoms with van der Waals surface area (Å²) in [7, 11) is 0. The molecule has 0 unspecified atom stereocenters. The van der Waals surface area contributed by atoms with Gasteiger partial charge in [0.1, 0.15) is 24.0 Å². The van der Waals surface area contributed by atoms with Crippen molar-refractivity contribution in [3.63, 3.8) is 0 Å². The number of alkyl halides is 1. The maximum atomic E-state index is 13.2. The Labute approximate surface area is 121 Å². The van der Waals surface area contributed by atoms with Gasteiger partial charge in [-0.3, -0.25) is 0 Å². The van der Waals surface area contributed by atoms with Gasteiger partial charge in [0.15, 0.2) is 0 Å². The maximum Gasteiger partial charge on any atom is 0.135 e. The monoisotopic (exact) mass is 292 g/mol. The van der Waals surface area contributed by atoms with Gasteiger partial charge < -0.3 is 4.74 Å². The summed E-state index contributed by atoms with van der Waals surface area (Å²) < 4.78 is 31.5. The Kier molecular flexibility index (Phi) is 4.97. The number of hydrogen-bond acceptors (Lipinski definition) is 1. The molecule has 0 radical (unpaired) electrons. The van der Waals surface area contributed by atoms with Crippen LogP contribution in [0.1, 0.15) is 11.1 Å². The molecule has 0 atom stereocenters. The van der Waals surface area contributed by atoms with Crippen LogP contribution in [0.15, 0.2) is 42.5 Å². The largest absolute Gasteiger partial charge is 0.488 e. The van der Waals surface area contributed by atoms with Gasteiger partial charge in [0.25, 0.3) is 0 Å². The predicted molar refractivity (Wildman–Crippen MR) is 74.7 cm³/mol. The summed E-state index contributed by atoms with van der Waals surface area (Å²) in [5.74, 6) is 5.33. The molecule has 0 amide bonds. The van der Waals surface area contributed by atoms with Gasteiger partial charge in [0.2, 0.25) is 0 Å². The average Bonchev–Trinajstić information content (AvgIpc) is 2.46. The highest BCUT2D eigenvalue weighted by molar-refractivity contribution is 6.19. The zero-order chi connectivity index (χ0) is 14.4. The molecule has 20 heavy (non-hydrogen) atoms. The van der Waals surface area contributed by atoms with E-state index in [9.17, 15) is 8.78 Å². The second-order valence-electron chi connectivity index (χ2n) is 3.99. The predicted octanol–water partition coefficient (Wildman–Crippen LogP) is 4.13. The number of rotatable bonds is 3. The summed E-state index contributed by atoms with van der Waals surface area (Å²) in [5, 5.41) is 0. The van der Waals surface area contributed by atoms with Crippen molar-refractivity contribution in [2.24, 2.45) is 0 Å². The molecule has 2 rings (SSSR count). The summed E-state index contributed by atoms with van der Waals surface area (Å²) in [4.78, 5) is 0. The van der Waals surface area contributed by atoms with E-state index in [0.717, 1.165) is 5.56 Å². The van der Waals surface area contributed by atoms with Gasteiger partial charge in [0.05, 0.1) is 11.4 Å². The lowest BCUT2D eigenvalue weighted by Crippen LogP contribution is -1.98. The van der Waals surface area contributed by atoms with Crippen LogP contribution < -0.4 is 4.74 Å². The molecular weight excluding hydrogens is 282 g/mol. The molecule has 0 N–H and O–H groups in total. The molecule has 0 aromatic heterocycles. The van der Waals surface area contributed by atoms with E-state index < -0.39 is 5.82 Å². The molecule has 0 saturated heterocycles. The molecule has 0 bridgehead atoms. The van der Waals surface area contributed by atoms with Gasteiger partial charge in [-0.1, -0.05) is 24.0 Å². The van der Waals surface area contributed by atoms with Crippen molar-refractivity contribution in [1.29, 1.82) is 0 Å². The highest BCUT2D eigenvalue weighted by Gasteiger charge is 2.04. The Bertz CT molecular complexity index is 642. The van der Waals surface area contributed by atoms with E-state index in [1.807, 2.05) is 0 Å². The lowest BCUT2D eigenvalue weighted by atomic mass is 10.2. The van der Waals surface area contributed by atoms with Gasteiger partial charge >= 0.3 is 0 Å². The Morgan fingerprint density at radius 3 is 2.40 bits per heavy atom. The summed E-state index contributed by atoms with van der Waals surface area (Å²) in [6.45, 7) is 0.251. The third-order valence-corrected chi connectivity index (χ3v) is 2.67. The molecular formula is C16H11ClF2O. The first-order valence-corrected chi connectivity index (χ1v) is 6.44. The molecule has 0 aliphatic heterocycles. The smallest absolute Gasteiger partial charge is 0.135 e. The average molecular weight is 293 g/mol. The molecule has 4 heteroatoms. The molecule has 0 heterocycles. The van der Waals surface area contributed by atoms with Crippen LogP contribution in [0.5, 0.6) is 5.75 Å². The van der Waals surface area contributed by atoms with Crippen LogP contribution in [-0.4, -0.2) is 5.88 Å². The third-order valence-electron chi connectivity index (χ3n) is 2.54. The minimum Gasteiger partial charge on any atom is -0.488 e. The van der Waals surface area contributed by atoms with E-state index in [1.54, 1.807) is 12.1 Å². The van der Waals surface area contributed by atoms with E-state index in [4.69, 9.17) is 16.3 Å². The van der Waals surface area contributed by atoms with Crippen molar-refractivity contribution in [3.8, 4) is 17.6 Å². The van der Waals surface area contributed by atoms with E-state index in [-0.39, 0.29) is 18.3 Å². The van der Waals surface area contributed by atoms with Gasteiger partial charge in [-0.2, -0.15) is 0 Å². The zero-order valence-electron chi connectivity index (χ0n) is 10.5. The Balaban J connectivity index is 2.14. The van der Waals surface area contributed by atoms with Crippen LogP contribution in [0, 0.1) is 23.5 Å². The topological polar surface area (TPSA) is 9.23 Å².